The molecule has 3 aromatic carbocycles. The van der Waals surface area contributed by atoms with Crippen molar-refractivity contribution < 1.29 is 19.8 Å². The van der Waals surface area contributed by atoms with Crippen molar-refractivity contribution in [3.63, 3.8) is 0 Å². The summed E-state index contributed by atoms with van der Waals surface area (Å²) in [5, 5.41) is 27.1. The first kappa shape index (κ1) is 18.3. The van der Waals surface area contributed by atoms with Crippen molar-refractivity contribution in [3.05, 3.63) is 82.9 Å². The van der Waals surface area contributed by atoms with Crippen molar-refractivity contribution in [2.24, 2.45) is 10.2 Å². The van der Waals surface area contributed by atoms with Crippen molar-refractivity contribution in [1.29, 1.82) is 0 Å². The third-order valence-electron chi connectivity index (χ3n) is 3.77. The molecule has 0 aliphatic carbocycles. The van der Waals surface area contributed by atoms with Crippen LogP contribution in [0.3, 0.4) is 0 Å². The zero-order valence-corrected chi connectivity index (χ0v) is 14.6. The number of hydrogen-bond acceptors (Lipinski definition) is 4. The average molecular weight is 381 g/mol. The summed E-state index contributed by atoms with van der Waals surface area (Å²) in [5.41, 5.74) is 2.41. The summed E-state index contributed by atoms with van der Waals surface area (Å²) in [6, 6.07) is 17.5. The number of benzene rings is 3. The molecule has 0 aromatic heterocycles. The van der Waals surface area contributed by atoms with E-state index in [0.717, 1.165) is 0 Å². The largest absolute Gasteiger partial charge is 0.478 e. The summed E-state index contributed by atoms with van der Waals surface area (Å²) in [4.78, 5) is 22.3. The molecule has 0 bridgehead atoms. The minimum atomic E-state index is -1.08. The second kappa shape index (κ2) is 7.80. The molecule has 27 heavy (non-hydrogen) atoms. The molecule has 0 saturated carbocycles. The van der Waals surface area contributed by atoms with Crippen LogP contribution in [0.4, 0.5) is 11.4 Å². The number of carboxylic acid groups (broad SMARTS) is 2. The second-order valence-electron chi connectivity index (χ2n) is 5.60. The van der Waals surface area contributed by atoms with E-state index in [1.165, 1.54) is 24.3 Å². The predicted octanol–water partition coefficient (Wildman–Crippen LogP) is 5.82. The molecule has 0 aliphatic heterocycles. The summed E-state index contributed by atoms with van der Waals surface area (Å²) in [6.45, 7) is 0. The number of carbonyl (C=O) groups is 2. The number of carboxylic acids is 2. The molecule has 0 unspecified atom stereocenters. The van der Waals surface area contributed by atoms with Crippen LogP contribution in [0.5, 0.6) is 0 Å². The zero-order valence-electron chi connectivity index (χ0n) is 13.8. The van der Waals surface area contributed by atoms with Crippen molar-refractivity contribution in [2.45, 2.75) is 0 Å². The molecule has 3 rings (SSSR count). The maximum absolute atomic E-state index is 11.3. The lowest BCUT2D eigenvalue weighted by Crippen LogP contribution is -1.96. The lowest BCUT2D eigenvalue weighted by molar-refractivity contribution is 0.0686. The molecular weight excluding hydrogens is 368 g/mol. The fourth-order valence-electron chi connectivity index (χ4n) is 2.43. The monoisotopic (exact) mass is 380 g/mol. The number of hydrogen-bond donors (Lipinski definition) is 2. The van der Waals surface area contributed by atoms with Crippen LogP contribution in [0.2, 0.25) is 5.02 Å². The third kappa shape index (κ3) is 4.37. The topological polar surface area (TPSA) is 99.3 Å². The maximum atomic E-state index is 11.3. The third-order valence-corrected chi connectivity index (χ3v) is 4.00. The molecule has 134 valence electrons. The van der Waals surface area contributed by atoms with E-state index in [1.807, 2.05) is 0 Å². The summed E-state index contributed by atoms with van der Waals surface area (Å²) in [5.74, 6) is -2.11. The average Bonchev–Trinajstić information content (AvgIpc) is 2.66. The Morgan fingerprint density at radius 1 is 0.778 bits per heavy atom. The standard InChI is InChI=1S/C20H13ClN2O4/c21-15-2-1-3-16(11-15)22-23-18-10-14(20(26)27)8-9-17(18)12-4-6-13(7-5-12)19(24)25/h1-11H,(H,24,25)(H,26,27). The molecule has 0 amide bonds. The van der Waals surface area contributed by atoms with Gasteiger partial charge in [-0.05, 0) is 48.0 Å². The van der Waals surface area contributed by atoms with Gasteiger partial charge >= 0.3 is 11.9 Å². The maximum Gasteiger partial charge on any atom is 0.335 e. The Balaban J connectivity index is 2.05. The molecule has 0 saturated heterocycles. The summed E-state index contributed by atoms with van der Waals surface area (Å²) >= 11 is 5.93. The van der Waals surface area contributed by atoms with Gasteiger partial charge in [0.15, 0.2) is 0 Å². The van der Waals surface area contributed by atoms with E-state index in [0.29, 0.717) is 27.5 Å². The van der Waals surface area contributed by atoms with Crippen molar-refractivity contribution in [2.75, 3.05) is 0 Å². The molecular formula is C20H13ClN2O4. The van der Waals surface area contributed by atoms with Gasteiger partial charge in [-0.25, -0.2) is 9.59 Å². The fourth-order valence-corrected chi connectivity index (χ4v) is 2.62. The molecule has 0 aliphatic rings. The van der Waals surface area contributed by atoms with Gasteiger partial charge in [0.1, 0.15) is 0 Å². The molecule has 0 heterocycles. The highest BCUT2D eigenvalue weighted by Crippen LogP contribution is 2.33. The van der Waals surface area contributed by atoms with E-state index in [1.54, 1.807) is 42.5 Å². The highest BCUT2D eigenvalue weighted by Gasteiger charge is 2.11. The van der Waals surface area contributed by atoms with Gasteiger partial charge in [-0.1, -0.05) is 35.9 Å². The first-order chi connectivity index (χ1) is 12.9. The van der Waals surface area contributed by atoms with Crippen molar-refractivity contribution in [1.82, 2.24) is 0 Å². The highest BCUT2D eigenvalue weighted by molar-refractivity contribution is 6.30. The van der Waals surface area contributed by atoms with Gasteiger partial charge in [0, 0.05) is 10.6 Å². The van der Waals surface area contributed by atoms with Gasteiger partial charge in [-0.3, -0.25) is 0 Å². The SMILES string of the molecule is O=C(O)c1ccc(-c2ccc(C(=O)O)cc2N=Nc2cccc(Cl)c2)cc1. The quantitative estimate of drug-likeness (QED) is 0.545. The number of halogens is 1. The molecule has 6 nitrogen and oxygen atoms in total. The van der Waals surface area contributed by atoms with Crippen LogP contribution in [0.1, 0.15) is 20.7 Å². The van der Waals surface area contributed by atoms with Gasteiger partial charge in [-0.2, -0.15) is 5.11 Å². The van der Waals surface area contributed by atoms with Gasteiger partial charge in [0.2, 0.25) is 0 Å². The van der Waals surface area contributed by atoms with E-state index >= 15 is 0 Å². The van der Waals surface area contributed by atoms with Crippen LogP contribution >= 0.6 is 11.6 Å². The number of aromatic carboxylic acids is 2. The Hall–Kier alpha value is -3.51. The summed E-state index contributed by atoms with van der Waals surface area (Å²) in [6.07, 6.45) is 0. The Bertz CT molecular complexity index is 1050. The Labute approximate surface area is 159 Å². The van der Waals surface area contributed by atoms with Crippen LogP contribution in [-0.4, -0.2) is 22.2 Å². The van der Waals surface area contributed by atoms with Crippen LogP contribution in [-0.2, 0) is 0 Å². The van der Waals surface area contributed by atoms with Crippen LogP contribution < -0.4 is 0 Å². The van der Waals surface area contributed by atoms with E-state index in [9.17, 15) is 14.7 Å². The zero-order chi connectivity index (χ0) is 19.4. The Morgan fingerprint density at radius 3 is 2.07 bits per heavy atom. The first-order valence-corrected chi connectivity index (χ1v) is 8.20. The number of nitrogens with zero attached hydrogens (tertiary/aromatic N) is 2. The molecule has 3 aromatic rings. The second-order valence-corrected chi connectivity index (χ2v) is 6.04. The van der Waals surface area contributed by atoms with E-state index < -0.39 is 11.9 Å². The lowest BCUT2D eigenvalue weighted by Gasteiger charge is -2.07. The van der Waals surface area contributed by atoms with Crippen molar-refractivity contribution in [3.8, 4) is 11.1 Å². The van der Waals surface area contributed by atoms with Crippen LogP contribution in [0.25, 0.3) is 11.1 Å². The van der Waals surface area contributed by atoms with Gasteiger partial charge < -0.3 is 10.2 Å². The fraction of sp³-hybridized carbons (Fsp3) is 0. The molecule has 0 fully saturated rings. The van der Waals surface area contributed by atoms with Crippen molar-refractivity contribution >= 4 is 34.9 Å². The molecule has 7 heteroatoms. The van der Waals surface area contributed by atoms with E-state index in [4.69, 9.17) is 16.7 Å². The molecule has 2 N–H and O–H groups in total. The van der Waals surface area contributed by atoms with Gasteiger partial charge in [0.25, 0.3) is 0 Å². The Morgan fingerprint density at radius 2 is 1.44 bits per heavy atom. The van der Waals surface area contributed by atoms with Crippen LogP contribution in [0, 0.1) is 0 Å². The van der Waals surface area contributed by atoms with Gasteiger partial charge in [-0.15, -0.1) is 5.11 Å². The first-order valence-electron chi connectivity index (χ1n) is 7.82. The summed E-state index contributed by atoms with van der Waals surface area (Å²) in [7, 11) is 0. The smallest absolute Gasteiger partial charge is 0.335 e. The number of azo groups is 1. The van der Waals surface area contributed by atoms with E-state index in [-0.39, 0.29) is 11.1 Å². The summed E-state index contributed by atoms with van der Waals surface area (Å²) < 4.78 is 0. The normalized spacial score (nSPS) is 10.9. The number of rotatable bonds is 5. The lowest BCUT2D eigenvalue weighted by atomic mass is 10.0. The highest BCUT2D eigenvalue weighted by atomic mass is 35.5. The Kier molecular flexibility index (Phi) is 5.28. The van der Waals surface area contributed by atoms with Gasteiger partial charge in [0.05, 0.1) is 22.5 Å². The minimum Gasteiger partial charge on any atom is -0.478 e. The predicted molar refractivity (Wildman–Crippen MR) is 101 cm³/mol. The molecule has 0 spiro atoms. The minimum absolute atomic E-state index is 0.0703. The molecule has 0 atom stereocenters. The van der Waals surface area contributed by atoms with E-state index in [2.05, 4.69) is 10.2 Å². The molecule has 0 radical (unpaired) electrons. The van der Waals surface area contributed by atoms with Crippen LogP contribution in [0.15, 0.2) is 77.0 Å².